The van der Waals surface area contributed by atoms with Crippen LogP contribution in [0.5, 0.6) is 0 Å². The van der Waals surface area contributed by atoms with E-state index in [-0.39, 0.29) is 17.9 Å². The second kappa shape index (κ2) is 9.52. The van der Waals surface area contributed by atoms with E-state index in [2.05, 4.69) is 20.2 Å². The van der Waals surface area contributed by atoms with Crippen molar-refractivity contribution in [2.75, 3.05) is 23.8 Å². The topological polar surface area (TPSA) is 120 Å². The summed E-state index contributed by atoms with van der Waals surface area (Å²) < 4.78 is 7.60. The van der Waals surface area contributed by atoms with Crippen molar-refractivity contribution < 1.29 is 9.53 Å². The first-order valence-corrected chi connectivity index (χ1v) is 11.9. The zero-order chi connectivity index (χ0) is 22.8. The van der Waals surface area contributed by atoms with Crippen molar-refractivity contribution in [2.45, 2.75) is 50.6 Å². The van der Waals surface area contributed by atoms with Gasteiger partial charge in [-0.05, 0) is 56.7 Å². The van der Waals surface area contributed by atoms with Crippen molar-refractivity contribution in [2.24, 2.45) is 11.7 Å². The highest BCUT2D eigenvalue weighted by molar-refractivity contribution is 6.30. The number of nitrogens with one attached hydrogen (secondary N) is 2. The molecule has 33 heavy (non-hydrogen) atoms. The SMILES string of the molecule is NC(=O)[C@H]1CC[C@@H](n2c(Nc3cccc(Cl)c3)nc3cnc(NC4CCOCC4)nc32)CC1. The van der Waals surface area contributed by atoms with E-state index in [1.54, 1.807) is 6.20 Å². The van der Waals surface area contributed by atoms with Gasteiger partial charge in [0.15, 0.2) is 5.65 Å². The molecule has 3 aromatic rings. The van der Waals surface area contributed by atoms with Gasteiger partial charge in [0.05, 0.1) is 6.20 Å². The van der Waals surface area contributed by atoms with Crippen molar-refractivity contribution in [1.29, 1.82) is 0 Å². The number of amides is 1. The molecule has 3 heterocycles. The maximum atomic E-state index is 11.7. The predicted molar refractivity (Wildman–Crippen MR) is 128 cm³/mol. The second-order valence-corrected chi connectivity index (χ2v) is 9.22. The van der Waals surface area contributed by atoms with Gasteiger partial charge in [0.25, 0.3) is 0 Å². The molecule has 0 unspecified atom stereocenters. The van der Waals surface area contributed by atoms with E-state index < -0.39 is 0 Å². The number of primary amides is 1. The number of rotatable bonds is 6. The largest absolute Gasteiger partial charge is 0.381 e. The van der Waals surface area contributed by atoms with Gasteiger partial charge in [-0.25, -0.2) is 9.97 Å². The number of fused-ring (bicyclic) bond motifs is 1. The molecule has 1 aliphatic carbocycles. The summed E-state index contributed by atoms with van der Waals surface area (Å²) in [5, 5.41) is 7.50. The number of nitrogens with zero attached hydrogens (tertiary/aromatic N) is 4. The van der Waals surface area contributed by atoms with Crippen LogP contribution in [0.2, 0.25) is 5.02 Å². The minimum absolute atomic E-state index is 0.0688. The lowest BCUT2D eigenvalue weighted by molar-refractivity contribution is -0.122. The van der Waals surface area contributed by atoms with E-state index in [1.165, 1.54) is 0 Å². The number of imidazole rings is 1. The lowest BCUT2D eigenvalue weighted by Gasteiger charge is -2.29. The number of halogens is 1. The Bertz CT molecular complexity index is 1140. The van der Waals surface area contributed by atoms with E-state index in [0.717, 1.165) is 63.1 Å². The average Bonchev–Trinajstić information content (AvgIpc) is 3.17. The van der Waals surface area contributed by atoms with Gasteiger partial charge in [-0.2, -0.15) is 4.98 Å². The van der Waals surface area contributed by atoms with Crippen LogP contribution in [0.1, 0.15) is 44.6 Å². The summed E-state index contributed by atoms with van der Waals surface area (Å²) in [5.74, 6) is 0.996. The van der Waals surface area contributed by atoms with Crippen molar-refractivity contribution in [3.63, 3.8) is 0 Å². The van der Waals surface area contributed by atoms with E-state index in [4.69, 9.17) is 32.0 Å². The quantitative estimate of drug-likeness (QED) is 0.498. The third-order valence-corrected chi connectivity index (χ3v) is 6.77. The van der Waals surface area contributed by atoms with Crippen LogP contribution in [0, 0.1) is 5.92 Å². The molecule has 174 valence electrons. The number of ether oxygens (including phenoxy) is 1. The average molecular weight is 470 g/mol. The molecule has 2 aromatic heterocycles. The molecule has 10 heteroatoms. The molecule has 0 atom stereocenters. The normalized spacial score (nSPS) is 21.7. The summed E-state index contributed by atoms with van der Waals surface area (Å²) in [7, 11) is 0. The molecule has 2 fully saturated rings. The van der Waals surface area contributed by atoms with Gasteiger partial charge in [0.2, 0.25) is 17.8 Å². The number of hydrogen-bond donors (Lipinski definition) is 3. The fourth-order valence-corrected chi connectivity index (χ4v) is 4.92. The smallest absolute Gasteiger partial charge is 0.224 e. The summed E-state index contributed by atoms with van der Waals surface area (Å²) in [6.45, 7) is 1.49. The first-order valence-electron chi connectivity index (χ1n) is 11.5. The van der Waals surface area contributed by atoms with Gasteiger partial charge in [0, 0.05) is 41.9 Å². The Hall–Kier alpha value is -2.91. The van der Waals surface area contributed by atoms with Crippen molar-refractivity contribution in [3.8, 4) is 0 Å². The van der Waals surface area contributed by atoms with Crippen LogP contribution < -0.4 is 16.4 Å². The summed E-state index contributed by atoms with van der Waals surface area (Å²) in [6.07, 6.45) is 6.80. The van der Waals surface area contributed by atoms with Crippen LogP contribution in [0.15, 0.2) is 30.5 Å². The lowest BCUT2D eigenvalue weighted by Crippen LogP contribution is -2.29. The van der Waals surface area contributed by atoms with E-state index >= 15 is 0 Å². The predicted octanol–water partition coefficient (Wildman–Crippen LogP) is 4.03. The summed E-state index contributed by atoms with van der Waals surface area (Å²) in [4.78, 5) is 25.8. The fourth-order valence-electron chi connectivity index (χ4n) is 4.73. The Morgan fingerprint density at radius 1 is 1.12 bits per heavy atom. The first-order chi connectivity index (χ1) is 16.1. The number of hydrogen-bond acceptors (Lipinski definition) is 7. The van der Waals surface area contributed by atoms with E-state index in [1.807, 2.05) is 24.3 Å². The summed E-state index contributed by atoms with van der Waals surface area (Å²) >= 11 is 6.19. The minimum Gasteiger partial charge on any atom is -0.381 e. The monoisotopic (exact) mass is 469 g/mol. The molecule has 0 bridgehead atoms. The van der Waals surface area contributed by atoms with Gasteiger partial charge in [-0.15, -0.1) is 0 Å². The maximum Gasteiger partial charge on any atom is 0.224 e. The number of nitrogens with two attached hydrogens (primary N) is 1. The zero-order valence-electron chi connectivity index (χ0n) is 18.3. The molecule has 1 aliphatic heterocycles. The Kier molecular flexibility index (Phi) is 6.32. The third-order valence-electron chi connectivity index (χ3n) is 6.53. The first kappa shape index (κ1) is 21.9. The van der Waals surface area contributed by atoms with Gasteiger partial charge in [-0.1, -0.05) is 17.7 Å². The van der Waals surface area contributed by atoms with Crippen LogP contribution >= 0.6 is 11.6 Å². The van der Waals surface area contributed by atoms with Gasteiger partial charge >= 0.3 is 0 Å². The standard InChI is InChI=1S/C23H28ClN7O2/c24-15-2-1-3-17(12-15)28-23-29-19-13-26-22(27-16-8-10-33-11-9-16)30-21(19)31(23)18-6-4-14(5-7-18)20(25)32/h1-3,12-14,16,18H,4-11H2,(H2,25,32)(H,28,29)(H,26,27,30)/t14-,18+. The highest BCUT2D eigenvalue weighted by Crippen LogP contribution is 2.37. The molecule has 0 radical (unpaired) electrons. The molecule has 1 amide bonds. The number of aromatic nitrogens is 4. The fraction of sp³-hybridized carbons (Fsp3) is 0.478. The van der Waals surface area contributed by atoms with E-state index in [0.29, 0.717) is 28.5 Å². The van der Waals surface area contributed by atoms with Crippen molar-refractivity contribution in [1.82, 2.24) is 19.5 Å². The Labute approximate surface area is 197 Å². The lowest BCUT2D eigenvalue weighted by atomic mass is 9.85. The Balaban J connectivity index is 1.49. The van der Waals surface area contributed by atoms with Gasteiger partial charge < -0.3 is 21.1 Å². The molecule has 9 nitrogen and oxygen atoms in total. The molecule has 1 saturated heterocycles. The summed E-state index contributed by atoms with van der Waals surface area (Å²) in [6, 6.07) is 7.98. The maximum absolute atomic E-state index is 11.7. The van der Waals surface area contributed by atoms with Crippen LogP contribution in [-0.2, 0) is 9.53 Å². The van der Waals surface area contributed by atoms with Crippen molar-refractivity contribution in [3.05, 3.63) is 35.5 Å². The van der Waals surface area contributed by atoms with Crippen LogP contribution in [0.3, 0.4) is 0 Å². The number of benzene rings is 1. The molecule has 5 rings (SSSR count). The minimum atomic E-state index is -0.216. The van der Waals surface area contributed by atoms with Crippen LogP contribution in [-0.4, -0.2) is 44.7 Å². The molecule has 4 N–H and O–H groups in total. The van der Waals surface area contributed by atoms with Crippen molar-refractivity contribution >= 4 is 46.3 Å². The van der Waals surface area contributed by atoms with Gasteiger partial charge in [-0.3, -0.25) is 9.36 Å². The van der Waals surface area contributed by atoms with E-state index in [9.17, 15) is 4.79 Å². The van der Waals surface area contributed by atoms with Gasteiger partial charge in [0.1, 0.15) is 5.52 Å². The van der Waals surface area contributed by atoms with Crippen LogP contribution in [0.25, 0.3) is 11.2 Å². The number of anilines is 3. The number of carbonyl (C=O) groups excluding carboxylic acids is 1. The highest BCUT2D eigenvalue weighted by Gasteiger charge is 2.29. The number of carbonyl (C=O) groups is 1. The Morgan fingerprint density at radius 3 is 2.64 bits per heavy atom. The zero-order valence-corrected chi connectivity index (χ0v) is 19.1. The Morgan fingerprint density at radius 2 is 1.91 bits per heavy atom. The molecule has 0 spiro atoms. The summed E-state index contributed by atoms with van der Waals surface area (Å²) in [5.41, 5.74) is 7.89. The molecule has 1 saturated carbocycles. The third kappa shape index (κ3) is 4.89. The highest BCUT2D eigenvalue weighted by atomic mass is 35.5. The molecule has 2 aliphatic rings. The molecule has 1 aromatic carbocycles. The molecular weight excluding hydrogens is 442 g/mol. The van der Waals surface area contributed by atoms with Crippen LogP contribution in [0.4, 0.5) is 17.6 Å². The second-order valence-electron chi connectivity index (χ2n) is 8.78. The molecular formula is C23H28ClN7O2.